The summed E-state index contributed by atoms with van der Waals surface area (Å²) in [5.41, 5.74) is 0.513. The number of H-pyrrole nitrogens is 1. The van der Waals surface area contributed by atoms with Crippen LogP contribution in [0.1, 0.15) is 24.4 Å². The summed E-state index contributed by atoms with van der Waals surface area (Å²) in [5.74, 6) is -0.541. The zero-order chi connectivity index (χ0) is 12.3. The maximum Gasteiger partial charge on any atom is 0.127 e. The van der Waals surface area contributed by atoms with E-state index in [1.54, 1.807) is 12.4 Å². The Bertz CT molecular complexity index is 462. The molecule has 0 fully saturated rings. The van der Waals surface area contributed by atoms with Crippen LogP contribution in [-0.4, -0.2) is 16.5 Å². The quantitative estimate of drug-likeness (QED) is 0.857. The van der Waals surface area contributed by atoms with Crippen molar-refractivity contribution in [2.45, 2.75) is 13.0 Å². The van der Waals surface area contributed by atoms with Gasteiger partial charge in [-0.1, -0.05) is 6.92 Å². The van der Waals surface area contributed by atoms with E-state index in [0.29, 0.717) is 17.9 Å². The fourth-order valence-corrected chi connectivity index (χ4v) is 1.75. The van der Waals surface area contributed by atoms with Gasteiger partial charge < -0.3 is 10.3 Å². The van der Waals surface area contributed by atoms with Crippen LogP contribution < -0.4 is 5.32 Å². The van der Waals surface area contributed by atoms with Gasteiger partial charge in [0.2, 0.25) is 0 Å². The number of aromatic amines is 1. The van der Waals surface area contributed by atoms with Crippen LogP contribution in [0, 0.1) is 11.6 Å². The number of hydrogen-bond acceptors (Lipinski definition) is 2. The minimum Gasteiger partial charge on any atom is -0.347 e. The Balaban J connectivity index is 2.38. The average Bonchev–Trinajstić information content (AvgIpc) is 2.77. The van der Waals surface area contributed by atoms with Crippen LogP contribution >= 0.6 is 0 Å². The van der Waals surface area contributed by atoms with E-state index in [2.05, 4.69) is 15.3 Å². The van der Waals surface area contributed by atoms with Crippen molar-refractivity contribution in [2.24, 2.45) is 0 Å². The number of imidazole rings is 1. The van der Waals surface area contributed by atoms with Crippen LogP contribution in [0.5, 0.6) is 0 Å². The van der Waals surface area contributed by atoms with Crippen molar-refractivity contribution in [1.82, 2.24) is 15.3 Å². The second-order valence-corrected chi connectivity index (χ2v) is 3.67. The van der Waals surface area contributed by atoms with Gasteiger partial charge in [0.1, 0.15) is 17.5 Å². The molecule has 0 aliphatic heterocycles. The Hall–Kier alpha value is -1.75. The summed E-state index contributed by atoms with van der Waals surface area (Å²) in [6.07, 6.45) is 3.28. The van der Waals surface area contributed by atoms with Crippen molar-refractivity contribution in [3.8, 4) is 0 Å². The molecule has 5 heteroatoms. The lowest BCUT2D eigenvalue weighted by Gasteiger charge is -2.16. The van der Waals surface area contributed by atoms with Crippen molar-refractivity contribution >= 4 is 0 Å². The third-order valence-electron chi connectivity index (χ3n) is 2.42. The molecule has 0 aliphatic rings. The van der Waals surface area contributed by atoms with Gasteiger partial charge in [0.05, 0.1) is 6.04 Å². The van der Waals surface area contributed by atoms with E-state index in [1.165, 1.54) is 12.1 Å². The predicted molar refractivity (Wildman–Crippen MR) is 60.5 cm³/mol. The first-order chi connectivity index (χ1) is 8.20. The SMILES string of the molecule is CCNC(c1cc(F)cc(F)c1)c1ncc[nH]1. The first kappa shape index (κ1) is 11.7. The molecule has 2 N–H and O–H groups in total. The highest BCUT2D eigenvalue weighted by molar-refractivity contribution is 5.26. The summed E-state index contributed by atoms with van der Waals surface area (Å²) >= 11 is 0. The summed E-state index contributed by atoms with van der Waals surface area (Å²) in [5, 5.41) is 3.13. The van der Waals surface area contributed by atoms with Gasteiger partial charge in [0.15, 0.2) is 0 Å². The van der Waals surface area contributed by atoms with Crippen molar-refractivity contribution in [2.75, 3.05) is 6.54 Å². The van der Waals surface area contributed by atoms with Crippen LogP contribution in [-0.2, 0) is 0 Å². The Kier molecular flexibility index (Phi) is 3.49. The van der Waals surface area contributed by atoms with Gasteiger partial charge in [0.25, 0.3) is 0 Å². The molecular weight excluding hydrogens is 224 g/mol. The lowest BCUT2D eigenvalue weighted by atomic mass is 10.1. The zero-order valence-corrected chi connectivity index (χ0v) is 9.37. The molecule has 0 bridgehead atoms. The van der Waals surface area contributed by atoms with Crippen molar-refractivity contribution in [1.29, 1.82) is 0 Å². The molecule has 0 aliphatic carbocycles. The highest BCUT2D eigenvalue weighted by Gasteiger charge is 2.16. The Morgan fingerprint density at radius 1 is 1.29 bits per heavy atom. The average molecular weight is 237 g/mol. The van der Waals surface area contributed by atoms with Crippen molar-refractivity contribution in [3.05, 3.63) is 53.6 Å². The molecule has 2 rings (SSSR count). The van der Waals surface area contributed by atoms with Crippen molar-refractivity contribution < 1.29 is 8.78 Å². The topological polar surface area (TPSA) is 40.7 Å². The molecule has 0 saturated heterocycles. The normalized spacial score (nSPS) is 12.6. The van der Waals surface area contributed by atoms with Gasteiger partial charge in [-0.25, -0.2) is 13.8 Å². The molecule has 1 aromatic heterocycles. The first-order valence-corrected chi connectivity index (χ1v) is 5.39. The summed E-state index contributed by atoms with van der Waals surface area (Å²) in [6.45, 7) is 2.59. The lowest BCUT2D eigenvalue weighted by molar-refractivity contribution is 0.558. The molecular formula is C12H13F2N3. The number of halogens is 2. The standard InChI is InChI=1S/C12H13F2N3/c1-2-15-11(12-16-3-4-17-12)8-5-9(13)7-10(14)6-8/h3-7,11,15H,2H2,1H3,(H,16,17). The van der Waals surface area contributed by atoms with E-state index in [4.69, 9.17) is 0 Å². The van der Waals surface area contributed by atoms with E-state index >= 15 is 0 Å². The van der Waals surface area contributed by atoms with Gasteiger partial charge in [-0.3, -0.25) is 0 Å². The van der Waals surface area contributed by atoms with Crippen molar-refractivity contribution in [3.63, 3.8) is 0 Å². The Labute approximate surface area is 97.9 Å². The molecule has 0 saturated carbocycles. The molecule has 2 aromatic rings. The molecule has 1 heterocycles. The van der Waals surface area contributed by atoms with Gasteiger partial charge in [-0.2, -0.15) is 0 Å². The fourth-order valence-electron chi connectivity index (χ4n) is 1.75. The zero-order valence-electron chi connectivity index (χ0n) is 9.37. The van der Waals surface area contributed by atoms with Gasteiger partial charge >= 0.3 is 0 Å². The number of benzene rings is 1. The largest absolute Gasteiger partial charge is 0.347 e. The molecule has 1 aromatic carbocycles. The lowest BCUT2D eigenvalue weighted by Crippen LogP contribution is -2.23. The first-order valence-electron chi connectivity index (χ1n) is 5.39. The second-order valence-electron chi connectivity index (χ2n) is 3.67. The minimum absolute atomic E-state index is 0.333. The van der Waals surface area contributed by atoms with Crippen LogP contribution in [0.2, 0.25) is 0 Å². The predicted octanol–water partition coefficient (Wildman–Crippen LogP) is 2.39. The van der Waals surface area contributed by atoms with Crippen LogP contribution in [0.15, 0.2) is 30.6 Å². The number of rotatable bonds is 4. The maximum absolute atomic E-state index is 13.2. The molecule has 1 unspecified atom stereocenters. The highest BCUT2D eigenvalue weighted by Crippen LogP contribution is 2.20. The molecule has 0 radical (unpaired) electrons. The third kappa shape index (κ3) is 2.68. The van der Waals surface area contributed by atoms with Gasteiger partial charge in [-0.15, -0.1) is 0 Å². The van der Waals surface area contributed by atoms with E-state index in [-0.39, 0.29) is 6.04 Å². The summed E-state index contributed by atoms with van der Waals surface area (Å²) in [4.78, 5) is 7.05. The van der Waals surface area contributed by atoms with E-state index in [9.17, 15) is 8.78 Å². The molecule has 0 spiro atoms. The smallest absolute Gasteiger partial charge is 0.127 e. The Morgan fingerprint density at radius 3 is 2.53 bits per heavy atom. The van der Waals surface area contributed by atoms with E-state index in [0.717, 1.165) is 6.07 Å². The van der Waals surface area contributed by atoms with E-state index < -0.39 is 11.6 Å². The molecule has 1 atom stereocenters. The number of aromatic nitrogens is 2. The second kappa shape index (κ2) is 5.05. The maximum atomic E-state index is 13.2. The third-order valence-corrected chi connectivity index (χ3v) is 2.42. The number of nitrogens with zero attached hydrogens (tertiary/aromatic N) is 1. The summed E-state index contributed by atoms with van der Waals surface area (Å²) in [7, 11) is 0. The molecule has 17 heavy (non-hydrogen) atoms. The van der Waals surface area contributed by atoms with E-state index in [1.807, 2.05) is 6.92 Å². The molecule has 0 amide bonds. The monoisotopic (exact) mass is 237 g/mol. The van der Waals surface area contributed by atoms with Gasteiger partial charge in [0, 0.05) is 18.5 Å². The van der Waals surface area contributed by atoms with Crippen LogP contribution in [0.25, 0.3) is 0 Å². The van der Waals surface area contributed by atoms with Gasteiger partial charge in [-0.05, 0) is 24.2 Å². The highest BCUT2D eigenvalue weighted by atomic mass is 19.1. The number of hydrogen-bond donors (Lipinski definition) is 2. The summed E-state index contributed by atoms with van der Waals surface area (Å²) in [6, 6.07) is 3.13. The minimum atomic E-state index is -0.588. The van der Waals surface area contributed by atoms with Crippen LogP contribution in [0.3, 0.4) is 0 Å². The number of nitrogens with one attached hydrogen (secondary N) is 2. The Morgan fingerprint density at radius 2 is 2.00 bits per heavy atom. The summed E-state index contributed by atoms with van der Waals surface area (Å²) < 4.78 is 26.3. The molecule has 3 nitrogen and oxygen atoms in total. The molecule has 90 valence electrons. The van der Waals surface area contributed by atoms with Crippen LogP contribution in [0.4, 0.5) is 8.78 Å². The fraction of sp³-hybridized carbons (Fsp3) is 0.250.